The number of hydrogen-bond acceptors (Lipinski definition) is 4. The summed E-state index contributed by atoms with van der Waals surface area (Å²) >= 11 is 0. The summed E-state index contributed by atoms with van der Waals surface area (Å²) in [6.07, 6.45) is 3.33. The van der Waals surface area contributed by atoms with E-state index in [1.165, 1.54) is 6.92 Å². The second-order valence-corrected chi connectivity index (χ2v) is 6.09. The average Bonchev–Trinajstić information content (AvgIpc) is 2.46. The highest BCUT2D eigenvalue weighted by Gasteiger charge is 2.46. The Balaban J connectivity index is 1.92. The van der Waals surface area contributed by atoms with Gasteiger partial charge in [0.05, 0.1) is 6.10 Å². The van der Waals surface area contributed by atoms with E-state index in [4.69, 9.17) is 9.47 Å². The zero-order chi connectivity index (χ0) is 13.3. The van der Waals surface area contributed by atoms with Gasteiger partial charge in [-0.25, -0.2) is 0 Å². The summed E-state index contributed by atoms with van der Waals surface area (Å²) < 4.78 is 11.4. The van der Waals surface area contributed by atoms with Gasteiger partial charge in [0.1, 0.15) is 6.10 Å². The Morgan fingerprint density at radius 1 is 1.33 bits per heavy atom. The third-order valence-corrected chi connectivity index (χ3v) is 4.05. The Kier molecular flexibility index (Phi) is 4.28. The van der Waals surface area contributed by atoms with E-state index in [0.717, 1.165) is 25.9 Å². The van der Waals surface area contributed by atoms with Crippen molar-refractivity contribution in [2.24, 2.45) is 5.92 Å². The highest BCUT2D eigenvalue weighted by Crippen LogP contribution is 2.37. The minimum absolute atomic E-state index is 0.0846. The van der Waals surface area contributed by atoms with E-state index in [1.54, 1.807) is 0 Å². The van der Waals surface area contributed by atoms with E-state index < -0.39 is 0 Å². The lowest BCUT2D eigenvalue weighted by molar-refractivity contribution is -0.150. The second kappa shape index (κ2) is 5.57. The molecule has 2 heterocycles. The maximum atomic E-state index is 11.1. The summed E-state index contributed by atoms with van der Waals surface area (Å²) in [6.45, 7) is 6.66. The average molecular weight is 255 g/mol. The van der Waals surface area contributed by atoms with Crippen molar-refractivity contribution in [2.45, 2.75) is 64.3 Å². The Labute approximate surface area is 110 Å². The summed E-state index contributed by atoms with van der Waals surface area (Å²) in [4.78, 5) is 13.5. The van der Waals surface area contributed by atoms with Gasteiger partial charge in [-0.1, -0.05) is 13.8 Å². The molecule has 0 aromatic carbocycles. The van der Waals surface area contributed by atoms with Crippen molar-refractivity contribution in [2.75, 3.05) is 13.7 Å². The molecular weight excluding hydrogens is 230 g/mol. The number of nitrogens with zero attached hydrogens (tertiary/aromatic N) is 1. The minimum atomic E-state index is -0.163. The van der Waals surface area contributed by atoms with Crippen LogP contribution in [-0.2, 0) is 14.3 Å². The van der Waals surface area contributed by atoms with E-state index in [9.17, 15) is 4.79 Å². The molecule has 2 aliphatic heterocycles. The molecule has 0 aliphatic carbocycles. The Morgan fingerprint density at radius 2 is 2.06 bits per heavy atom. The molecule has 2 saturated heterocycles. The van der Waals surface area contributed by atoms with Crippen LogP contribution in [0.1, 0.15) is 40.0 Å². The van der Waals surface area contributed by atoms with E-state index in [-0.39, 0.29) is 12.1 Å². The van der Waals surface area contributed by atoms with Crippen LogP contribution in [0.4, 0.5) is 0 Å². The van der Waals surface area contributed by atoms with Crippen molar-refractivity contribution in [3.05, 3.63) is 0 Å². The molecule has 2 bridgehead atoms. The highest BCUT2D eigenvalue weighted by atomic mass is 16.5. The monoisotopic (exact) mass is 255 g/mol. The molecule has 0 radical (unpaired) electrons. The number of ether oxygens (including phenoxy) is 2. The van der Waals surface area contributed by atoms with Gasteiger partial charge in [-0.05, 0) is 19.4 Å². The van der Waals surface area contributed by atoms with E-state index in [1.807, 2.05) is 0 Å². The van der Waals surface area contributed by atoms with Crippen LogP contribution in [0.3, 0.4) is 0 Å². The van der Waals surface area contributed by atoms with Gasteiger partial charge < -0.3 is 9.47 Å². The SMILES string of the molecule is CC(=O)O[C@H]1C[C@H]2C[C@H](OCC(C)C)[C@@H](C1)N2C. The third kappa shape index (κ3) is 3.04. The topological polar surface area (TPSA) is 38.8 Å². The predicted molar refractivity (Wildman–Crippen MR) is 69.3 cm³/mol. The molecule has 0 N–H and O–H groups in total. The first kappa shape index (κ1) is 13.8. The van der Waals surface area contributed by atoms with Gasteiger partial charge in [0.25, 0.3) is 0 Å². The van der Waals surface area contributed by atoms with Crippen LogP contribution in [-0.4, -0.2) is 48.8 Å². The molecule has 0 saturated carbocycles. The predicted octanol–water partition coefficient (Wildman–Crippen LogP) is 1.83. The number of esters is 1. The molecule has 0 aromatic rings. The summed E-state index contributed by atoms with van der Waals surface area (Å²) in [6, 6.07) is 0.914. The smallest absolute Gasteiger partial charge is 0.302 e. The fourth-order valence-corrected chi connectivity index (χ4v) is 3.20. The first-order valence-corrected chi connectivity index (χ1v) is 6.98. The van der Waals surface area contributed by atoms with Gasteiger partial charge in [0, 0.05) is 38.5 Å². The van der Waals surface area contributed by atoms with Crippen molar-refractivity contribution >= 4 is 5.97 Å². The van der Waals surface area contributed by atoms with Gasteiger partial charge in [-0.3, -0.25) is 9.69 Å². The van der Waals surface area contributed by atoms with Crippen molar-refractivity contribution in [1.82, 2.24) is 4.90 Å². The molecule has 104 valence electrons. The molecule has 2 fully saturated rings. The quantitative estimate of drug-likeness (QED) is 0.718. The van der Waals surface area contributed by atoms with Crippen molar-refractivity contribution in [3.63, 3.8) is 0 Å². The lowest BCUT2D eigenvalue weighted by Crippen LogP contribution is -2.45. The maximum Gasteiger partial charge on any atom is 0.302 e. The van der Waals surface area contributed by atoms with Gasteiger partial charge in [0.15, 0.2) is 0 Å². The van der Waals surface area contributed by atoms with Crippen LogP contribution in [0.25, 0.3) is 0 Å². The number of hydrogen-bond donors (Lipinski definition) is 0. The molecule has 2 rings (SSSR count). The second-order valence-electron chi connectivity index (χ2n) is 6.09. The lowest BCUT2D eigenvalue weighted by atomic mass is 10.0. The summed E-state index contributed by atoms with van der Waals surface area (Å²) in [7, 11) is 2.16. The Bertz CT molecular complexity index is 305. The normalized spacial score (nSPS) is 36.1. The van der Waals surface area contributed by atoms with Crippen LogP contribution in [0.2, 0.25) is 0 Å². The van der Waals surface area contributed by atoms with Crippen LogP contribution in [0.15, 0.2) is 0 Å². The number of rotatable bonds is 4. The largest absolute Gasteiger partial charge is 0.462 e. The summed E-state index contributed by atoms with van der Waals surface area (Å²) in [5, 5.41) is 0. The van der Waals surface area contributed by atoms with E-state index >= 15 is 0 Å². The lowest BCUT2D eigenvalue weighted by Gasteiger charge is -2.36. The van der Waals surface area contributed by atoms with Crippen LogP contribution in [0, 0.1) is 5.92 Å². The molecular formula is C14H25NO3. The first-order valence-electron chi connectivity index (χ1n) is 6.98. The highest BCUT2D eigenvalue weighted by molar-refractivity contribution is 5.66. The Hall–Kier alpha value is -0.610. The van der Waals surface area contributed by atoms with Crippen molar-refractivity contribution < 1.29 is 14.3 Å². The number of carbonyl (C=O) groups excluding carboxylic acids is 1. The minimum Gasteiger partial charge on any atom is -0.462 e. The molecule has 4 atom stereocenters. The number of carbonyl (C=O) groups is 1. The van der Waals surface area contributed by atoms with E-state index in [2.05, 4.69) is 25.8 Å². The molecule has 4 heteroatoms. The van der Waals surface area contributed by atoms with Gasteiger partial charge in [0.2, 0.25) is 0 Å². The first-order chi connectivity index (χ1) is 8.47. The molecule has 0 spiro atoms. The Morgan fingerprint density at radius 3 is 2.67 bits per heavy atom. The fraction of sp³-hybridized carbons (Fsp3) is 0.929. The zero-order valence-electron chi connectivity index (χ0n) is 11.9. The molecule has 18 heavy (non-hydrogen) atoms. The number of fused-ring (bicyclic) bond motifs is 2. The van der Waals surface area contributed by atoms with E-state index in [0.29, 0.717) is 24.1 Å². The standard InChI is InChI=1S/C14H25NO3/c1-9(2)8-17-14-6-11-5-12(18-10(3)16)7-13(14)15(11)4/h9,11-14H,5-8H2,1-4H3/t11-,12-,13+,14-/m0/s1. The summed E-state index contributed by atoms with van der Waals surface area (Å²) in [5.41, 5.74) is 0. The van der Waals surface area contributed by atoms with Gasteiger partial charge in [-0.15, -0.1) is 0 Å². The van der Waals surface area contributed by atoms with Gasteiger partial charge >= 0.3 is 5.97 Å². The zero-order valence-corrected chi connectivity index (χ0v) is 11.9. The number of likely N-dealkylation sites (N-methyl/N-ethyl adjacent to an activating group) is 1. The van der Waals surface area contributed by atoms with Crippen molar-refractivity contribution in [1.29, 1.82) is 0 Å². The molecule has 0 unspecified atom stereocenters. The third-order valence-electron chi connectivity index (χ3n) is 4.05. The van der Waals surface area contributed by atoms with Gasteiger partial charge in [-0.2, -0.15) is 0 Å². The fourth-order valence-electron chi connectivity index (χ4n) is 3.20. The molecule has 2 aliphatic rings. The maximum absolute atomic E-state index is 11.1. The number of piperidine rings is 1. The molecule has 4 nitrogen and oxygen atoms in total. The molecule has 0 aromatic heterocycles. The van der Waals surface area contributed by atoms with Crippen LogP contribution in [0.5, 0.6) is 0 Å². The molecule has 0 amide bonds. The van der Waals surface area contributed by atoms with Crippen LogP contribution < -0.4 is 0 Å². The van der Waals surface area contributed by atoms with Crippen LogP contribution >= 0.6 is 0 Å². The summed E-state index contributed by atoms with van der Waals surface area (Å²) in [5.74, 6) is 0.406. The van der Waals surface area contributed by atoms with Crippen molar-refractivity contribution in [3.8, 4) is 0 Å².